The van der Waals surface area contributed by atoms with Crippen LogP contribution in [0, 0.1) is 0 Å². The van der Waals surface area contributed by atoms with Crippen molar-refractivity contribution in [2.75, 3.05) is 39.3 Å². The summed E-state index contributed by atoms with van der Waals surface area (Å²) in [6.45, 7) is 0.274. The van der Waals surface area contributed by atoms with Crippen molar-refractivity contribution >= 4 is 29.7 Å². The van der Waals surface area contributed by atoms with Crippen molar-refractivity contribution in [3.05, 3.63) is 59.7 Å². The first-order valence-electron chi connectivity index (χ1n) is 11.1. The molecule has 0 saturated carbocycles. The van der Waals surface area contributed by atoms with Crippen LogP contribution in [0.2, 0.25) is 0 Å². The van der Waals surface area contributed by atoms with Gasteiger partial charge in [0.15, 0.2) is 0 Å². The predicted octanol–water partition coefficient (Wildman–Crippen LogP) is 2.78. The van der Waals surface area contributed by atoms with Crippen LogP contribution in [-0.2, 0) is 14.3 Å². The van der Waals surface area contributed by atoms with Crippen molar-refractivity contribution in [3.63, 3.8) is 0 Å². The molecule has 0 heterocycles. The maximum absolute atomic E-state index is 12.8. The third-order valence-corrected chi connectivity index (χ3v) is 6.37. The number of nitrogens with zero attached hydrogens (tertiary/aromatic N) is 1. The van der Waals surface area contributed by atoms with Gasteiger partial charge in [-0.3, -0.25) is 4.79 Å². The first-order chi connectivity index (χ1) is 16.3. The van der Waals surface area contributed by atoms with Crippen LogP contribution >= 0.6 is 11.8 Å². The second-order valence-corrected chi connectivity index (χ2v) is 9.45. The van der Waals surface area contributed by atoms with E-state index in [1.54, 1.807) is 19.0 Å². The van der Waals surface area contributed by atoms with Gasteiger partial charge in [0.2, 0.25) is 5.91 Å². The SMILES string of the molecule is CSCC[C@@H](NC(=O)OCC1c2ccccc2-c2ccccc21)C(=O)NC(CN(C)C)C(=O)O. The first-order valence-corrected chi connectivity index (χ1v) is 12.5. The van der Waals surface area contributed by atoms with Crippen LogP contribution in [-0.4, -0.2) is 79.3 Å². The molecule has 0 spiro atoms. The summed E-state index contributed by atoms with van der Waals surface area (Å²) in [5, 5.41) is 14.6. The number of alkyl carbamates (subject to hydrolysis) is 1. The summed E-state index contributed by atoms with van der Waals surface area (Å²) in [7, 11) is 3.45. The summed E-state index contributed by atoms with van der Waals surface area (Å²) in [6, 6.07) is 14.1. The number of fused-ring (bicyclic) bond motifs is 3. The third-order valence-electron chi connectivity index (χ3n) is 5.73. The smallest absolute Gasteiger partial charge is 0.407 e. The Hall–Kier alpha value is -3.04. The Bertz CT molecular complexity index is 984. The van der Waals surface area contributed by atoms with E-state index in [0.717, 1.165) is 22.3 Å². The van der Waals surface area contributed by atoms with E-state index in [9.17, 15) is 19.5 Å². The number of aliphatic carboxylic acids is 1. The molecule has 0 fully saturated rings. The van der Waals surface area contributed by atoms with Gasteiger partial charge in [0.25, 0.3) is 0 Å². The Morgan fingerprint density at radius 3 is 2.12 bits per heavy atom. The number of carbonyl (C=O) groups is 3. The number of rotatable bonds is 11. The van der Waals surface area contributed by atoms with Gasteiger partial charge in [-0.05, 0) is 54.8 Å². The van der Waals surface area contributed by atoms with E-state index in [1.807, 2.05) is 42.7 Å². The number of nitrogens with one attached hydrogen (secondary N) is 2. The highest BCUT2D eigenvalue weighted by Gasteiger charge is 2.30. The van der Waals surface area contributed by atoms with Crippen LogP contribution in [0.4, 0.5) is 4.79 Å². The molecule has 9 heteroatoms. The number of carboxylic acid groups (broad SMARTS) is 1. The molecule has 8 nitrogen and oxygen atoms in total. The Balaban J connectivity index is 1.65. The molecule has 182 valence electrons. The highest BCUT2D eigenvalue weighted by atomic mass is 32.2. The summed E-state index contributed by atoms with van der Waals surface area (Å²) >= 11 is 1.53. The van der Waals surface area contributed by atoms with E-state index in [2.05, 4.69) is 22.8 Å². The fraction of sp³-hybridized carbons (Fsp3) is 0.400. The Morgan fingerprint density at radius 2 is 1.59 bits per heavy atom. The van der Waals surface area contributed by atoms with Gasteiger partial charge in [0, 0.05) is 12.5 Å². The highest BCUT2D eigenvalue weighted by molar-refractivity contribution is 7.98. The number of amides is 2. The van der Waals surface area contributed by atoms with E-state index >= 15 is 0 Å². The van der Waals surface area contributed by atoms with Gasteiger partial charge in [-0.15, -0.1) is 0 Å². The molecule has 3 rings (SSSR count). The molecule has 2 atom stereocenters. The maximum Gasteiger partial charge on any atom is 0.407 e. The summed E-state index contributed by atoms with van der Waals surface area (Å²) in [4.78, 5) is 38.6. The lowest BCUT2D eigenvalue weighted by Gasteiger charge is -2.23. The van der Waals surface area contributed by atoms with Gasteiger partial charge in [0.05, 0.1) is 0 Å². The molecule has 3 N–H and O–H groups in total. The summed E-state index contributed by atoms with van der Waals surface area (Å²) in [6.07, 6.45) is 1.54. The quantitative estimate of drug-likeness (QED) is 0.449. The van der Waals surface area contributed by atoms with Crippen molar-refractivity contribution in [1.29, 1.82) is 0 Å². The van der Waals surface area contributed by atoms with Crippen molar-refractivity contribution in [2.45, 2.75) is 24.4 Å². The number of hydrogen-bond acceptors (Lipinski definition) is 6. The zero-order valence-corrected chi connectivity index (χ0v) is 20.4. The molecule has 0 radical (unpaired) electrons. The second-order valence-electron chi connectivity index (χ2n) is 8.47. The molecule has 2 amide bonds. The minimum Gasteiger partial charge on any atom is -0.480 e. The van der Waals surface area contributed by atoms with E-state index in [-0.39, 0.29) is 19.1 Å². The normalized spacial score (nSPS) is 14.1. The van der Waals surface area contributed by atoms with Crippen molar-refractivity contribution in [2.24, 2.45) is 0 Å². The number of ether oxygens (including phenoxy) is 1. The zero-order valence-electron chi connectivity index (χ0n) is 19.6. The highest BCUT2D eigenvalue weighted by Crippen LogP contribution is 2.44. The Morgan fingerprint density at radius 1 is 1.00 bits per heavy atom. The number of carbonyl (C=O) groups excluding carboxylic acids is 2. The standard InChI is InChI=1S/C25H31N3O5S/c1-28(2)14-22(24(30)31)26-23(29)21(12-13-34-3)27-25(32)33-15-20-18-10-6-4-8-16(18)17-9-5-7-11-19(17)20/h4-11,20-22H,12-15H2,1-3H3,(H,26,29)(H,27,32)(H,30,31)/t21-,22?/m1/s1. The van der Waals surface area contributed by atoms with Crippen LogP contribution in [0.3, 0.4) is 0 Å². The molecule has 0 aromatic heterocycles. The third kappa shape index (κ3) is 6.30. The molecular weight excluding hydrogens is 454 g/mol. The summed E-state index contributed by atoms with van der Waals surface area (Å²) < 4.78 is 5.56. The lowest BCUT2D eigenvalue weighted by atomic mass is 9.98. The maximum atomic E-state index is 12.8. The van der Waals surface area contributed by atoms with Gasteiger partial charge >= 0.3 is 12.1 Å². The number of thioether (sulfide) groups is 1. The van der Waals surface area contributed by atoms with Crippen LogP contribution in [0.15, 0.2) is 48.5 Å². The predicted molar refractivity (Wildman–Crippen MR) is 133 cm³/mol. The van der Waals surface area contributed by atoms with Crippen molar-refractivity contribution < 1.29 is 24.2 Å². The monoisotopic (exact) mass is 485 g/mol. The molecular formula is C25H31N3O5S. The number of hydrogen-bond donors (Lipinski definition) is 3. The molecule has 0 aliphatic heterocycles. The zero-order chi connectivity index (χ0) is 24.7. The van der Waals surface area contributed by atoms with Crippen LogP contribution in [0.1, 0.15) is 23.5 Å². The molecule has 2 aromatic carbocycles. The topological polar surface area (TPSA) is 108 Å². The Labute approximate surface area is 204 Å². The molecule has 1 aliphatic carbocycles. The average molecular weight is 486 g/mol. The van der Waals surface area contributed by atoms with Crippen LogP contribution in [0.25, 0.3) is 11.1 Å². The van der Waals surface area contributed by atoms with Gasteiger partial charge in [-0.2, -0.15) is 11.8 Å². The second kappa shape index (κ2) is 11.9. The fourth-order valence-electron chi connectivity index (χ4n) is 4.11. The molecule has 1 aliphatic rings. The van der Waals surface area contributed by atoms with E-state index in [1.165, 1.54) is 11.8 Å². The van der Waals surface area contributed by atoms with Crippen molar-refractivity contribution in [3.8, 4) is 11.1 Å². The minimum absolute atomic E-state index is 0.0897. The fourth-order valence-corrected chi connectivity index (χ4v) is 4.58. The van der Waals surface area contributed by atoms with Gasteiger partial charge in [-0.1, -0.05) is 48.5 Å². The van der Waals surface area contributed by atoms with Crippen LogP contribution < -0.4 is 10.6 Å². The van der Waals surface area contributed by atoms with Gasteiger partial charge in [-0.25, -0.2) is 9.59 Å². The number of likely N-dealkylation sites (N-methyl/N-ethyl adjacent to an activating group) is 1. The van der Waals surface area contributed by atoms with Gasteiger partial charge in [0.1, 0.15) is 18.7 Å². The molecule has 2 aromatic rings. The molecule has 0 saturated heterocycles. The largest absolute Gasteiger partial charge is 0.480 e. The summed E-state index contributed by atoms with van der Waals surface area (Å²) in [5.41, 5.74) is 4.46. The first kappa shape index (κ1) is 25.6. The van der Waals surface area contributed by atoms with Crippen LogP contribution in [0.5, 0.6) is 0 Å². The number of benzene rings is 2. The van der Waals surface area contributed by atoms with E-state index in [0.29, 0.717) is 12.2 Å². The van der Waals surface area contributed by atoms with Crippen molar-refractivity contribution in [1.82, 2.24) is 15.5 Å². The lowest BCUT2D eigenvalue weighted by molar-refractivity contribution is -0.142. The lowest BCUT2D eigenvalue weighted by Crippen LogP contribution is -2.54. The van der Waals surface area contributed by atoms with Gasteiger partial charge < -0.3 is 25.4 Å². The molecule has 34 heavy (non-hydrogen) atoms. The molecule has 0 bridgehead atoms. The minimum atomic E-state index is -1.13. The summed E-state index contributed by atoms with van der Waals surface area (Å²) in [5.74, 6) is -1.15. The Kier molecular flexibility index (Phi) is 8.95. The average Bonchev–Trinajstić information content (AvgIpc) is 3.13. The number of carboxylic acids is 1. The van der Waals surface area contributed by atoms with E-state index < -0.39 is 30.1 Å². The van der Waals surface area contributed by atoms with E-state index in [4.69, 9.17) is 4.74 Å². The molecule has 1 unspecified atom stereocenters.